The summed E-state index contributed by atoms with van der Waals surface area (Å²) in [6.07, 6.45) is 3.25. The summed E-state index contributed by atoms with van der Waals surface area (Å²) < 4.78 is 5.61. The largest absolute Gasteiger partial charge is 0.494 e. The normalized spacial score (nSPS) is 18.3. The zero-order valence-electron chi connectivity index (χ0n) is 23.1. The van der Waals surface area contributed by atoms with Gasteiger partial charge >= 0.3 is 0 Å². The van der Waals surface area contributed by atoms with Gasteiger partial charge in [-0.2, -0.15) is 0 Å². The van der Waals surface area contributed by atoms with Crippen LogP contribution in [0.15, 0.2) is 54.6 Å². The third kappa shape index (κ3) is 7.79. The number of hydrogen-bond acceptors (Lipinski definition) is 6. The second kappa shape index (κ2) is 14.2. The molecule has 0 saturated carbocycles. The number of hydrogen-bond donors (Lipinski definition) is 2. The van der Waals surface area contributed by atoms with Gasteiger partial charge in [-0.25, -0.2) is 0 Å². The molecule has 4 rings (SSSR count). The summed E-state index contributed by atoms with van der Waals surface area (Å²) in [4.78, 5) is 43.9. The molecule has 2 heterocycles. The molecule has 2 aliphatic rings. The van der Waals surface area contributed by atoms with Crippen LogP contribution < -0.4 is 15.8 Å². The fraction of sp³-hybridized carbons (Fsp3) is 0.467. The monoisotopic (exact) mass is 565 g/mol. The number of thiocarbonyl (C=S) groups is 1. The molecule has 2 aliphatic heterocycles. The van der Waals surface area contributed by atoms with Crippen molar-refractivity contribution in [2.45, 2.75) is 51.6 Å². The lowest BCUT2D eigenvalue weighted by molar-refractivity contribution is -0.131. The van der Waals surface area contributed by atoms with Crippen molar-refractivity contribution < 1.29 is 19.1 Å². The molecule has 3 amide bonds. The highest BCUT2D eigenvalue weighted by molar-refractivity contribution is 7.80. The van der Waals surface area contributed by atoms with Crippen molar-refractivity contribution >= 4 is 40.7 Å². The minimum absolute atomic E-state index is 0.00234. The van der Waals surface area contributed by atoms with Crippen molar-refractivity contribution in [3.8, 4) is 5.75 Å². The average molecular weight is 566 g/mol. The third-order valence-corrected chi connectivity index (χ3v) is 7.90. The lowest BCUT2D eigenvalue weighted by atomic mass is 9.96. The second-order valence-electron chi connectivity index (χ2n) is 10.4. The van der Waals surface area contributed by atoms with Gasteiger partial charge in [-0.15, -0.1) is 0 Å². The maximum absolute atomic E-state index is 13.6. The summed E-state index contributed by atoms with van der Waals surface area (Å²) in [5.41, 5.74) is 7.09. The third-order valence-electron chi connectivity index (χ3n) is 7.44. The quantitative estimate of drug-likeness (QED) is 0.359. The predicted molar refractivity (Wildman–Crippen MR) is 159 cm³/mol. The van der Waals surface area contributed by atoms with Crippen molar-refractivity contribution in [1.82, 2.24) is 14.7 Å². The summed E-state index contributed by atoms with van der Waals surface area (Å²) in [5.74, 6) is 0.0753. The van der Waals surface area contributed by atoms with Crippen LogP contribution >= 0.6 is 12.2 Å². The van der Waals surface area contributed by atoms with E-state index < -0.39 is 6.04 Å². The molecule has 3 N–H and O–H groups in total. The zero-order valence-corrected chi connectivity index (χ0v) is 23.9. The molecular weight excluding hydrogens is 526 g/mol. The van der Waals surface area contributed by atoms with Crippen LogP contribution in [0.5, 0.6) is 5.75 Å². The number of nitrogens with zero attached hydrogens (tertiary/aromatic N) is 3. The Morgan fingerprint density at radius 3 is 2.40 bits per heavy atom. The lowest BCUT2D eigenvalue weighted by Crippen LogP contribution is -2.41. The maximum Gasteiger partial charge on any atom is 0.252 e. The Bertz CT molecular complexity index is 1170. The van der Waals surface area contributed by atoms with E-state index in [-0.39, 0.29) is 30.1 Å². The number of primary amides is 1. The van der Waals surface area contributed by atoms with E-state index in [4.69, 9.17) is 22.7 Å². The van der Waals surface area contributed by atoms with Crippen molar-refractivity contribution in [3.05, 3.63) is 60.2 Å². The zero-order chi connectivity index (χ0) is 28.5. The number of nitrogens with one attached hydrogen (secondary N) is 1. The molecule has 2 aromatic rings. The first-order valence-corrected chi connectivity index (χ1v) is 14.5. The number of piperidine rings is 1. The Labute approximate surface area is 241 Å². The number of carbonyl (C=O) groups excluding carboxylic acids is 3. The molecule has 0 bridgehead atoms. The molecule has 0 aromatic heterocycles. The molecule has 214 valence electrons. The molecule has 0 radical (unpaired) electrons. The molecule has 2 saturated heterocycles. The fourth-order valence-electron chi connectivity index (χ4n) is 5.20. The topological polar surface area (TPSA) is 108 Å². The summed E-state index contributed by atoms with van der Waals surface area (Å²) in [6.45, 7) is 6.08. The van der Waals surface area contributed by atoms with Gasteiger partial charge in [-0.1, -0.05) is 37.3 Å². The Morgan fingerprint density at radius 1 is 1.05 bits per heavy atom. The van der Waals surface area contributed by atoms with Crippen LogP contribution in [0, 0.1) is 5.92 Å². The smallest absolute Gasteiger partial charge is 0.252 e. The number of rotatable bonds is 13. The molecular formula is C30H39N5O4S. The van der Waals surface area contributed by atoms with Gasteiger partial charge in [0.15, 0.2) is 5.11 Å². The predicted octanol–water partition coefficient (Wildman–Crippen LogP) is 3.39. The van der Waals surface area contributed by atoms with E-state index >= 15 is 0 Å². The first-order chi connectivity index (χ1) is 19.4. The highest BCUT2D eigenvalue weighted by Crippen LogP contribution is 2.25. The molecule has 9 nitrogen and oxygen atoms in total. The van der Waals surface area contributed by atoms with Crippen LogP contribution in [-0.2, 0) is 20.9 Å². The summed E-state index contributed by atoms with van der Waals surface area (Å²) in [7, 11) is 0. The van der Waals surface area contributed by atoms with Crippen LogP contribution in [0.4, 0.5) is 5.69 Å². The lowest BCUT2D eigenvalue weighted by Gasteiger charge is -2.31. The number of anilines is 1. The van der Waals surface area contributed by atoms with Crippen LogP contribution in [0.25, 0.3) is 0 Å². The van der Waals surface area contributed by atoms with Gasteiger partial charge in [0, 0.05) is 18.2 Å². The van der Waals surface area contributed by atoms with Crippen molar-refractivity contribution in [2.75, 3.05) is 38.1 Å². The molecule has 0 spiro atoms. The molecule has 2 aromatic carbocycles. The van der Waals surface area contributed by atoms with Gasteiger partial charge in [-0.05, 0) is 87.4 Å². The number of benzene rings is 2. The van der Waals surface area contributed by atoms with Gasteiger partial charge in [0.1, 0.15) is 11.8 Å². The number of likely N-dealkylation sites (tertiary alicyclic amines) is 1. The van der Waals surface area contributed by atoms with Crippen LogP contribution in [-0.4, -0.2) is 76.4 Å². The summed E-state index contributed by atoms with van der Waals surface area (Å²) >= 11 is 5.78. The van der Waals surface area contributed by atoms with E-state index in [0.29, 0.717) is 30.5 Å². The van der Waals surface area contributed by atoms with Gasteiger partial charge in [0.05, 0.1) is 19.6 Å². The minimum Gasteiger partial charge on any atom is -0.494 e. The van der Waals surface area contributed by atoms with Crippen molar-refractivity contribution in [1.29, 1.82) is 0 Å². The number of carbonyl (C=O) groups is 3. The van der Waals surface area contributed by atoms with E-state index in [9.17, 15) is 14.4 Å². The number of nitrogens with two attached hydrogens (primary N) is 1. The van der Waals surface area contributed by atoms with E-state index in [0.717, 1.165) is 56.6 Å². The van der Waals surface area contributed by atoms with E-state index in [1.807, 2.05) is 54.3 Å². The van der Waals surface area contributed by atoms with E-state index in [1.165, 1.54) is 0 Å². The first kappa shape index (κ1) is 29.5. The average Bonchev–Trinajstić information content (AvgIpc) is 3.17. The van der Waals surface area contributed by atoms with Crippen molar-refractivity contribution in [3.63, 3.8) is 0 Å². The Balaban J connectivity index is 1.38. The van der Waals surface area contributed by atoms with E-state index in [1.54, 1.807) is 17.0 Å². The Kier molecular flexibility index (Phi) is 10.5. The molecule has 2 fully saturated rings. The van der Waals surface area contributed by atoms with Gasteiger partial charge in [0.2, 0.25) is 11.8 Å². The highest BCUT2D eigenvalue weighted by atomic mass is 32.1. The molecule has 1 atom stereocenters. The Morgan fingerprint density at radius 2 is 1.75 bits per heavy atom. The minimum atomic E-state index is -0.663. The van der Waals surface area contributed by atoms with Crippen LogP contribution in [0.2, 0.25) is 0 Å². The van der Waals surface area contributed by atoms with Gasteiger partial charge in [-0.3, -0.25) is 19.3 Å². The second-order valence-corrected chi connectivity index (χ2v) is 10.8. The molecule has 10 heteroatoms. The summed E-state index contributed by atoms with van der Waals surface area (Å²) in [6, 6.07) is 16.3. The molecule has 0 aliphatic carbocycles. The SMILES string of the molecule is CCCOc1ccc(NC(=O)C[C@H]2C(=O)N(Cc3ccccc3)C(=S)N2CCCN2CCC(C(N)=O)CC2)cc1. The van der Waals surface area contributed by atoms with Crippen LogP contribution in [0.3, 0.4) is 0 Å². The van der Waals surface area contributed by atoms with Gasteiger partial charge in [0.25, 0.3) is 5.91 Å². The Hall–Kier alpha value is -3.50. The maximum atomic E-state index is 13.6. The van der Waals surface area contributed by atoms with Gasteiger partial charge < -0.3 is 25.6 Å². The number of ether oxygens (including phenoxy) is 1. The summed E-state index contributed by atoms with van der Waals surface area (Å²) in [5, 5.41) is 3.37. The highest BCUT2D eigenvalue weighted by Gasteiger charge is 2.43. The van der Waals surface area contributed by atoms with Crippen molar-refractivity contribution in [2.24, 2.45) is 11.7 Å². The first-order valence-electron chi connectivity index (χ1n) is 14.1. The fourth-order valence-corrected chi connectivity index (χ4v) is 5.58. The van der Waals surface area contributed by atoms with Crippen LogP contribution in [0.1, 0.15) is 44.6 Å². The van der Waals surface area contributed by atoms with E-state index in [2.05, 4.69) is 10.2 Å². The molecule has 0 unspecified atom stereocenters. The number of amides is 3. The standard InChI is InChI=1S/C30H39N5O4S/c1-2-19-39-25-11-9-24(10-12-25)32-27(36)20-26-29(38)35(21-22-7-4-3-5-8-22)30(40)34(26)16-6-15-33-17-13-23(14-18-33)28(31)37/h3-5,7-12,23,26H,2,6,13-21H2,1H3,(H2,31,37)(H,32,36)/t26-/m0/s1. The molecule has 40 heavy (non-hydrogen) atoms.